The number of carbonyl (C=O) groups is 2. The molecule has 7 atom stereocenters. The van der Waals surface area contributed by atoms with Crippen molar-refractivity contribution in [1.29, 1.82) is 0 Å². The molecule has 5 aliphatic rings. The van der Waals surface area contributed by atoms with Crippen LogP contribution in [0.25, 0.3) is 0 Å². The van der Waals surface area contributed by atoms with Crippen LogP contribution >= 0.6 is 0 Å². The van der Waals surface area contributed by atoms with Crippen LogP contribution in [0.3, 0.4) is 0 Å². The Kier molecular flexibility index (Phi) is 2.29. The lowest BCUT2D eigenvalue weighted by molar-refractivity contribution is -0.134. The second-order valence-electron chi connectivity index (χ2n) is 8.74. The zero-order chi connectivity index (χ0) is 15.3. The molecule has 22 heavy (non-hydrogen) atoms. The molecule has 0 aromatic heterocycles. The molecule has 3 saturated carbocycles. The van der Waals surface area contributed by atoms with Crippen molar-refractivity contribution in [2.24, 2.45) is 28.6 Å². The molecule has 4 fully saturated rings. The summed E-state index contributed by atoms with van der Waals surface area (Å²) in [5, 5.41) is 0. The maximum Gasteiger partial charge on any atom is 0.187 e. The third kappa shape index (κ3) is 1.26. The van der Waals surface area contributed by atoms with Crippen molar-refractivity contribution in [3.63, 3.8) is 0 Å². The number of hydrogen-bond acceptors (Lipinski definition) is 3. The van der Waals surface area contributed by atoms with Gasteiger partial charge in [-0.3, -0.25) is 9.59 Å². The monoisotopic (exact) mass is 300 g/mol. The Morgan fingerprint density at radius 1 is 1.09 bits per heavy atom. The van der Waals surface area contributed by atoms with Crippen molar-refractivity contribution in [1.82, 2.24) is 0 Å². The van der Waals surface area contributed by atoms with Crippen molar-refractivity contribution in [3.8, 4) is 0 Å². The molecule has 4 aliphatic carbocycles. The van der Waals surface area contributed by atoms with Gasteiger partial charge in [0.2, 0.25) is 0 Å². The molecule has 0 radical (unpaired) electrons. The van der Waals surface area contributed by atoms with Crippen LogP contribution in [0.1, 0.15) is 52.4 Å². The first-order valence-electron chi connectivity index (χ1n) is 8.87. The lowest BCUT2D eigenvalue weighted by Gasteiger charge is -2.56. The summed E-state index contributed by atoms with van der Waals surface area (Å²) in [6.45, 7) is 4.53. The van der Waals surface area contributed by atoms with E-state index in [0.29, 0.717) is 23.5 Å². The van der Waals surface area contributed by atoms with Crippen molar-refractivity contribution < 1.29 is 14.3 Å². The topological polar surface area (TPSA) is 46.7 Å². The largest absolute Gasteiger partial charge is 0.356 e. The van der Waals surface area contributed by atoms with E-state index in [1.807, 2.05) is 0 Å². The van der Waals surface area contributed by atoms with Crippen LogP contribution in [-0.4, -0.2) is 23.3 Å². The minimum absolute atomic E-state index is 0.0124. The summed E-state index contributed by atoms with van der Waals surface area (Å²) >= 11 is 0. The Bertz CT molecular complexity index is 622. The molecule has 0 amide bonds. The van der Waals surface area contributed by atoms with Gasteiger partial charge < -0.3 is 4.74 Å². The number of rotatable bonds is 0. The van der Waals surface area contributed by atoms with E-state index in [-0.39, 0.29) is 28.3 Å². The Balaban J connectivity index is 1.56. The number of ketones is 2. The van der Waals surface area contributed by atoms with Crippen LogP contribution in [0, 0.1) is 28.6 Å². The average molecular weight is 300 g/mol. The molecular formula is C19H24O3. The number of fused-ring (bicyclic) bond motifs is 4. The van der Waals surface area contributed by atoms with Crippen molar-refractivity contribution in [2.45, 2.75) is 64.1 Å². The van der Waals surface area contributed by atoms with E-state index in [4.69, 9.17) is 4.74 Å². The summed E-state index contributed by atoms with van der Waals surface area (Å²) in [4.78, 5) is 24.4. The van der Waals surface area contributed by atoms with E-state index in [1.54, 1.807) is 6.08 Å². The average Bonchev–Trinajstić information content (AvgIpc) is 3.17. The predicted octanol–water partition coefficient (Wildman–Crippen LogP) is 3.07. The molecule has 118 valence electrons. The zero-order valence-electron chi connectivity index (χ0n) is 13.4. The van der Waals surface area contributed by atoms with Gasteiger partial charge in [-0.25, -0.2) is 0 Å². The first-order valence-corrected chi connectivity index (χ1v) is 8.87. The van der Waals surface area contributed by atoms with Gasteiger partial charge >= 0.3 is 0 Å². The van der Waals surface area contributed by atoms with Crippen molar-refractivity contribution >= 4 is 11.6 Å². The summed E-state index contributed by atoms with van der Waals surface area (Å²) in [5.41, 5.74) is -0.294. The zero-order valence-corrected chi connectivity index (χ0v) is 13.4. The highest BCUT2D eigenvalue weighted by Crippen LogP contribution is 2.70. The minimum Gasteiger partial charge on any atom is -0.356 e. The molecule has 0 aromatic rings. The summed E-state index contributed by atoms with van der Waals surface area (Å²) in [7, 11) is 0. The third-order valence-electron chi connectivity index (χ3n) is 8.22. The molecule has 0 N–H and O–H groups in total. The van der Waals surface area contributed by atoms with Crippen LogP contribution < -0.4 is 0 Å². The van der Waals surface area contributed by atoms with Crippen LogP contribution in [0.5, 0.6) is 0 Å². The molecule has 0 aromatic carbocycles. The summed E-state index contributed by atoms with van der Waals surface area (Å²) in [5.74, 6) is 2.41. The molecule has 3 heteroatoms. The Morgan fingerprint density at radius 2 is 1.91 bits per heavy atom. The van der Waals surface area contributed by atoms with Crippen LogP contribution in [0.4, 0.5) is 0 Å². The lowest BCUT2D eigenvalue weighted by atomic mass is 9.46. The highest BCUT2D eigenvalue weighted by atomic mass is 16.6. The van der Waals surface area contributed by atoms with E-state index >= 15 is 0 Å². The van der Waals surface area contributed by atoms with Gasteiger partial charge in [-0.1, -0.05) is 19.9 Å². The summed E-state index contributed by atoms with van der Waals surface area (Å²) in [6.07, 6.45) is 9.86. The molecule has 3 nitrogen and oxygen atoms in total. The first-order chi connectivity index (χ1) is 10.4. The fourth-order valence-electron chi connectivity index (χ4n) is 6.84. The Hall–Kier alpha value is -0.960. The quantitative estimate of drug-likeness (QED) is 0.646. The maximum atomic E-state index is 12.4. The smallest absolute Gasteiger partial charge is 0.187 e. The standard InChI is InChI=1S/C19H24O3/c1-17-8-6-13-11(12(17)3-4-15(17)21)5-10-19-16(22-19)14(20)7-9-18(13,19)2/h7,9,11-13,16H,3-6,8,10H2,1-2H3/t11-,12-,13+,16?,17-,18+,19?/m0/s1. The molecular weight excluding hydrogens is 276 g/mol. The van der Waals surface area contributed by atoms with E-state index in [0.717, 1.165) is 38.5 Å². The van der Waals surface area contributed by atoms with Crippen LogP contribution in [0.15, 0.2) is 12.2 Å². The second kappa shape index (κ2) is 3.75. The lowest BCUT2D eigenvalue weighted by Crippen LogP contribution is -2.56. The fourth-order valence-corrected chi connectivity index (χ4v) is 6.84. The summed E-state index contributed by atoms with van der Waals surface area (Å²) in [6, 6.07) is 0. The number of carbonyl (C=O) groups excluding carboxylic acids is 2. The third-order valence-corrected chi connectivity index (χ3v) is 8.22. The number of ether oxygens (including phenoxy) is 1. The maximum absolute atomic E-state index is 12.4. The first kappa shape index (κ1) is 13.5. The van der Waals surface area contributed by atoms with Crippen molar-refractivity contribution in [2.75, 3.05) is 0 Å². The van der Waals surface area contributed by atoms with E-state index < -0.39 is 0 Å². The van der Waals surface area contributed by atoms with Gasteiger partial charge in [-0.05, 0) is 55.9 Å². The minimum atomic E-state index is -0.212. The van der Waals surface area contributed by atoms with E-state index in [1.165, 1.54) is 0 Å². The number of epoxide rings is 1. The van der Waals surface area contributed by atoms with E-state index in [2.05, 4.69) is 19.9 Å². The molecule has 5 rings (SSSR count). The van der Waals surface area contributed by atoms with Gasteiger partial charge in [0.15, 0.2) is 11.9 Å². The number of Topliss-reactive ketones (excluding diaryl/α,β-unsaturated/α-hetero) is 1. The molecule has 1 aliphatic heterocycles. The molecule has 0 bridgehead atoms. The number of hydrogen-bond donors (Lipinski definition) is 0. The Morgan fingerprint density at radius 3 is 2.73 bits per heavy atom. The molecule has 1 heterocycles. The summed E-state index contributed by atoms with van der Waals surface area (Å²) < 4.78 is 6.01. The van der Waals surface area contributed by atoms with Gasteiger partial charge in [0.1, 0.15) is 11.4 Å². The van der Waals surface area contributed by atoms with Crippen molar-refractivity contribution in [3.05, 3.63) is 12.2 Å². The molecule has 2 unspecified atom stereocenters. The molecule has 1 spiro atoms. The molecule has 1 saturated heterocycles. The van der Waals surface area contributed by atoms with E-state index in [9.17, 15) is 9.59 Å². The van der Waals surface area contributed by atoms with Gasteiger partial charge in [0, 0.05) is 17.3 Å². The fraction of sp³-hybridized carbons (Fsp3) is 0.789. The second-order valence-corrected chi connectivity index (χ2v) is 8.74. The van der Waals surface area contributed by atoms with Gasteiger partial charge in [0.05, 0.1) is 0 Å². The highest BCUT2D eigenvalue weighted by molar-refractivity contribution is 5.98. The van der Waals surface area contributed by atoms with Gasteiger partial charge in [0.25, 0.3) is 0 Å². The Labute approximate surface area is 131 Å². The van der Waals surface area contributed by atoms with Crippen LogP contribution in [0.2, 0.25) is 0 Å². The van der Waals surface area contributed by atoms with Gasteiger partial charge in [-0.15, -0.1) is 0 Å². The highest BCUT2D eigenvalue weighted by Gasteiger charge is 2.75. The van der Waals surface area contributed by atoms with Crippen LogP contribution in [-0.2, 0) is 14.3 Å². The SMILES string of the molecule is C[C@]12CC[C@@H]3[C@@H](CCC45OC4C(=O)C=C[C@]35C)[C@@H]1CCC2=O. The predicted molar refractivity (Wildman–Crippen MR) is 81.1 cm³/mol. The van der Waals surface area contributed by atoms with Gasteiger partial charge in [-0.2, -0.15) is 0 Å². The normalized spacial score (nSPS) is 58.6.